The van der Waals surface area contributed by atoms with Crippen molar-refractivity contribution in [2.45, 2.75) is 26.8 Å². The van der Waals surface area contributed by atoms with Crippen molar-refractivity contribution in [3.8, 4) is 17.1 Å². The number of carbonyl (C=O) groups is 1. The molecule has 3 heterocycles. The Balaban J connectivity index is 1.62. The maximum atomic E-state index is 13.8. The molecular formula is C29H25N3O7S. The van der Waals surface area contributed by atoms with Gasteiger partial charge in [-0.05, 0) is 62.2 Å². The number of fused-ring (bicyclic) bond motifs is 1. The van der Waals surface area contributed by atoms with E-state index in [0.29, 0.717) is 49.0 Å². The number of carbonyl (C=O) groups excluding carboxylic acids is 1. The van der Waals surface area contributed by atoms with E-state index >= 15 is 0 Å². The number of esters is 1. The highest BCUT2D eigenvalue weighted by Gasteiger charge is 2.33. The third kappa shape index (κ3) is 4.87. The number of hydrogen-bond donors (Lipinski definition) is 0. The van der Waals surface area contributed by atoms with Gasteiger partial charge in [0.2, 0.25) is 0 Å². The summed E-state index contributed by atoms with van der Waals surface area (Å²) in [5.74, 6) is 0.987. The number of ether oxygens (including phenoxy) is 2. The van der Waals surface area contributed by atoms with Gasteiger partial charge in [-0.25, -0.2) is 9.79 Å². The number of hydrogen-bond acceptors (Lipinski definition) is 9. The molecular weight excluding hydrogens is 534 g/mol. The second-order valence-corrected chi connectivity index (χ2v) is 10.0. The van der Waals surface area contributed by atoms with E-state index in [1.165, 1.54) is 28.0 Å². The lowest BCUT2D eigenvalue weighted by Gasteiger charge is -2.24. The molecule has 0 saturated carbocycles. The van der Waals surface area contributed by atoms with Crippen LogP contribution in [0.1, 0.15) is 36.8 Å². The van der Waals surface area contributed by atoms with Gasteiger partial charge in [-0.3, -0.25) is 19.5 Å². The van der Waals surface area contributed by atoms with Crippen molar-refractivity contribution in [1.29, 1.82) is 0 Å². The van der Waals surface area contributed by atoms with Gasteiger partial charge in [0.15, 0.2) is 4.80 Å². The molecule has 0 radical (unpaired) electrons. The van der Waals surface area contributed by atoms with Crippen LogP contribution in [-0.2, 0) is 9.53 Å². The molecule has 0 fully saturated rings. The Bertz CT molecular complexity index is 1860. The number of thiazole rings is 1. The number of nitrogens with zero attached hydrogens (tertiary/aromatic N) is 3. The topological polar surface area (TPSA) is 126 Å². The molecule has 4 aromatic rings. The molecule has 1 atom stereocenters. The average Bonchev–Trinajstić information content (AvgIpc) is 3.52. The Labute approximate surface area is 232 Å². The van der Waals surface area contributed by atoms with Gasteiger partial charge in [0, 0.05) is 23.8 Å². The van der Waals surface area contributed by atoms with Crippen molar-refractivity contribution in [2.75, 3.05) is 13.7 Å². The maximum absolute atomic E-state index is 13.8. The summed E-state index contributed by atoms with van der Waals surface area (Å²) in [6.45, 7) is 5.39. The van der Waals surface area contributed by atoms with Crippen LogP contribution in [0.3, 0.4) is 0 Å². The molecule has 40 heavy (non-hydrogen) atoms. The first-order chi connectivity index (χ1) is 19.2. The van der Waals surface area contributed by atoms with Crippen LogP contribution in [-0.4, -0.2) is 29.2 Å². The fraction of sp³-hybridized carbons (Fsp3) is 0.207. The van der Waals surface area contributed by atoms with Gasteiger partial charge in [-0.15, -0.1) is 0 Å². The number of benzene rings is 2. The maximum Gasteiger partial charge on any atom is 0.338 e. The lowest BCUT2D eigenvalue weighted by Crippen LogP contribution is -2.39. The van der Waals surface area contributed by atoms with E-state index in [-0.39, 0.29) is 23.4 Å². The van der Waals surface area contributed by atoms with E-state index in [2.05, 4.69) is 4.99 Å². The van der Waals surface area contributed by atoms with Gasteiger partial charge in [0.1, 0.15) is 17.3 Å². The van der Waals surface area contributed by atoms with E-state index in [0.717, 1.165) is 0 Å². The van der Waals surface area contributed by atoms with Crippen molar-refractivity contribution >= 4 is 29.1 Å². The van der Waals surface area contributed by atoms with Crippen LogP contribution in [0.25, 0.3) is 17.4 Å². The lowest BCUT2D eigenvalue weighted by molar-refractivity contribution is -0.384. The Hall–Kier alpha value is -4.77. The van der Waals surface area contributed by atoms with E-state index in [9.17, 15) is 19.7 Å². The number of non-ortho nitro benzene ring substituents is 1. The number of nitro groups is 1. The molecule has 0 aliphatic carbocycles. The summed E-state index contributed by atoms with van der Waals surface area (Å²) < 4.78 is 18.6. The fourth-order valence-corrected chi connectivity index (χ4v) is 5.69. The van der Waals surface area contributed by atoms with Gasteiger partial charge >= 0.3 is 5.97 Å². The Morgan fingerprint density at radius 3 is 2.70 bits per heavy atom. The predicted molar refractivity (Wildman–Crippen MR) is 149 cm³/mol. The molecule has 1 aliphatic heterocycles. The highest BCUT2D eigenvalue weighted by atomic mass is 32.1. The van der Waals surface area contributed by atoms with Crippen molar-refractivity contribution in [3.63, 3.8) is 0 Å². The van der Waals surface area contributed by atoms with Gasteiger partial charge in [-0.1, -0.05) is 23.5 Å². The third-order valence-corrected chi connectivity index (χ3v) is 7.50. The normalized spacial score (nSPS) is 15.0. The summed E-state index contributed by atoms with van der Waals surface area (Å²) in [4.78, 5) is 42.5. The summed E-state index contributed by atoms with van der Waals surface area (Å²) in [7, 11) is 1.55. The van der Waals surface area contributed by atoms with Crippen LogP contribution >= 0.6 is 11.3 Å². The fourth-order valence-electron chi connectivity index (χ4n) is 4.66. The summed E-state index contributed by atoms with van der Waals surface area (Å²) in [6.07, 6.45) is 1.63. The van der Waals surface area contributed by atoms with Crippen LogP contribution in [0.5, 0.6) is 5.75 Å². The second-order valence-electron chi connectivity index (χ2n) is 9.04. The number of furan rings is 1. The first-order valence-electron chi connectivity index (χ1n) is 12.4. The highest BCUT2D eigenvalue weighted by Crippen LogP contribution is 2.32. The zero-order valence-electron chi connectivity index (χ0n) is 22.2. The van der Waals surface area contributed by atoms with Gasteiger partial charge in [0.05, 0.1) is 40.5 Å². The van der Waals surface area contributed by atoms with Gasteiger partial charge in [-0.2, -0.15) is 0 Å². The summed E-state index contributed by atoms with van der Waals surface area (Å²) >= 11 is 1.19. The van der Waals surface area contributed by atoms with Crippen LogP contribution in [0.15, 0.2) is 80.1 Å². The number of allylic oxidation sites excluding steroid dienone is 1. The molecule has 0 saturated heterocycles. The molecule has 5 rings (SSSR count). The zero-order valence-corrected chi connectivity index (χ0v) is 23.0. The molecule has 2 aromatic heterocycles. The van der Waals surface area contributed by atoms with E-state index in [1.807, 2.05) is 6.07 Å². The number of nitro benzene ring substituents is 1. The average molecular weight is 560 g/mol. The quantitative estimate of drug-likeness (QED) is 0.188. The summed E-state index contributed by atoms with van der Waals surface area (Å²) in [5, 5.41) is 11.1. The first-order valence-corrected chi connectivity index (χ1v) is 13.2. The number of methoxy groups -OCH3 is 1. The Morgan fingerprint density at radius 1 is 1.20 bits per heavy atom. The molecule has 11 heteroatoms. The van der Waals surface area contributed by atoms with E-state index in [4.69, 9.17) is 13.9 Å². The molecule has 204 valence electrons. The largest absolute Gasteiger partial charge is 0.497 e. The first kappa shape index (κ1) is 26.8. The van der Waals surface area contributed by atoms with Crippen molar-refractivity contribution in [3.05, 3.63) is 113 Å². The smallest absolute Gasteiger partial charge is 0.338 e. The van der Waals surface area contributed by atoms with Crippen molar-refractivity contribution in [1.82, 2.24) is 4.57 Å². The SMILES string of the molecule is CCOC(=O)C1=C(C)N=c2s/c(=C/c3ccc(-c4ccc([N+](=O)[O-])cc4C)o3)c(=O)n2[C@@H]1c1cccc(OC)c1. The van der Waals surface area contributed by atoms with Crippen molar-refractivity contribution < 1.29 is 23.6 Å². The van der Waals surface area contributed by atoms with Crippen LogP contribution < -0.4 is 19.6 Å². The predicted octanol–water partition coefficient (Wildman–Crippen LogP) is 4.28. The summed E-state index contributed by atoms with van der Waals surface area (Å²) in [6, 6.07) is 14.4. The molecule has 0 bridgehead atoms. The molecule has 0 spiro atoms. The Kier molecular flexibility index (Phi) is 7.22. The molecule has 0 N–H and O–H groups in total. The zero-order chi connectivity index (χ0) is 28.6. The van der Waals surface area contributed by atoms with Crippen molar-refractivity contribution in [2.24, 2.45) is 4.99 Å². The van der Waals surface area contributed by atoms with Gasteiger partial charge in [0.25, 0.3) is 11.2 Å². The molecule has 1 aliphatic rings. The van der Waals surface area contributed by atoms with E-state index < -0.39 is 16.9 Å². The Morgan fingerprint density at radius 2 is 2.00 bits per heavy atom. The third-order valence-electron chi connectivity index (χ3n) is 6.51. The molecule has 0 amide bonds. The van der Waals surface area contributed by atoms with Crippen LogP contribution in [0.2, 0.25) is 0 Å². The molecule has 10 nitrogen and oxygen atoms in total. The number of aromatic nitrogens is 1. The lowest BCUT2D eigenvalue weighted by atomic mass is 9.95. The minimum Gasteiger partial charge on any atom is -0.497 e. The van der Waals surface area contributed by atoms with Gasteiger partial charge < -0.3 is 13.9 Å². The van der Waals surface area contributed by atoms with E-state index in [1.54, 1.807) is 70.4 Å². The second kappa shape index (κ2) is 10.8. The standard InChI is InChI=1S/C29H25N3O7S/c1-5-38-28(34)25-17(3)30-29-31(26(25)18-7-6-8-20(14-18)37-4)27(33)24(40-29)15-21-10-12-23(39-21)22-11-9-19(32(35)36)13-16(22)2/h6-15,26H,5H2,1-4H3/b24-15+/t26-/m1/s1. The molecule has 2 aromatic carbocycles. The minimum atomic E-state index is -0.762. The monoisotopic (exact) mass is 559 g/mol. The van der Waals surface area contributed by atoms with Crippen LogP contribution in [0, 0.1) is 17.0 Å². The highest BCUT2D eigenvalue weighted by molar-refractivity contribution is 7.07. The summed E-state index contributed by atoms with van der Waals surface area (Å²) in [5.41, 5.74) is 2.48. The number of aryl methyl sites for hydroxylation is 1. The molecule has 0 unspecified atom stereocenters. The van der Waals surface area contributed by atoms with Crippen LogP contribution in [0.4, 0.5) is 5.69 Å². The minimum absolute atomic E-state index is 0.00258. The number of rotatable bonds is 7.